The first kappa shape index (κ1) is 12.4. The van der Waals surface area contributed by atoms with E-state index in [1.54, 1.807) is 0 Å². The van der Waals surface area contributed by atoms with E-state index >= 15 is 0 Å². The Bertz CT molecular complexity index is 995. The number of benzene rings is 3. The lowest BCUT2D eigenvalue weighted by Gasteiger charge is -2.08. The van der Waals surface area contributed by atoms with E-state index in [2.05, 4.69) is 66.7 Å². The maximum Gasteiger partial charge on any atom is 0.107 e. The van der Waals surface area contributed by atoms with Crippen LogP contribution in [0, 0.1) is 0 Å². The Hall–Kier alpha value is -2.16. The first-order valence-electron chi connectivity index (χ1n) is 7.53. The van der Waals surface area contributed by atoms with Crippen molar-refractivity contribution in [3.8, 4) is 11.1 Å². The summed E-state index contributed by atoms with van der Waals surface area (Å²) in [5.41, 5.74) is 3.94. The molecule has 1 fully saturated rings. The van der Waals surface area contributed by atoms with Crippen LogP contribution in [0.2, 0.25) is 0 Å². The number of fused-ring (bicyclic) bond motifs is 3. The molecule has 22 heavy (non-hydrogen) atoms. The van der Waals surface area contributed by atoms with E-state index in [0.717, 1.165) is 6.61 Å². The van der Waals surface area contributed by atoms with Crippen LogP contribution in [0.25, 0.3) is 31.3 Å². The minimum atomic E-state index is 0.279. The molecule has 1 nitrogen and oxygen atoms in total. The SMILES string of the molecule is c1ccc(C2CO2)c(-c2cccc3c2sc2ccccc23)c1. The molecule has 0 spiro atoms. The van der Waals surface area contributed by atoms with Gasteiger partial charge in [-0.15, -0.1) is 11.3 Å². The van der Waals surface area contributed by atoms with Crippen LogP contribution in [0.15, 0.2) is 66.7 Å². The zero-order chi connectivity index (χ0) is 14.5. The molecule has 2 heterocycles. The predicted octanol–water partition coefficient (Wildman–Crippen LogP) is 5.79. The summed E-state index contributed by atoms with van der Waals surface area (Å²) in [5, 5.41) is 2.70. The fourth-order valence-electron chi connectivity index (χ4n) is 3.21. The lowest BCUT2D eigenvalue weighted by Crippen LogP contribution is -1.87. The molecular formula is C20H14OS. The van der Waals surface area contributed by atoms with Gasteiger partial charge in [0.05, 0.1) is 6.61 Å². The van der Waals surface area contributed by atoms with Crippen molar-refractivity contribution in [1.29, 1.82) is 0 Å². The van der Waals surface area contributed by atoms with Crippen molar-refractivity contribution in [3.05, 3.63) is 72.3 Å². The Morgan fingerprint density at radius 3 is 2.41 bits per heavy atom. The highest BCUT2D eigenvalue weighted by Gasteiger charge is 2.27. The third-order valence-corrected chi connectivity index (χ3v) is 5.56. The van der Waals surface area contributed by atoms with E-state index in [1.807, 2.05) is 11.3 Å². The topological polar surface area (TPSA) is 12.5 Å². The molecule has 1 aliphatic rings. The van der Waals surface area contributed by atoms with Crippen molar-refractivity contribution in [1.82, 2.24) is 0 Å². The second-order valence-corrected chi connectivity index (χ2v) is 6.74. The summed E-state index contributed by atoms with van der Waals surface area (Å²) in [7, 11) is 0. The third-order valence-electron chi connectivity index (χ3n) is 4.34. The first-order valence-corrected chi connectivity index (χ1v) is 8.34. The summed E-state index contributed by atoms with van der Waals surface area (Å²) in [6, 6.07) is 23.9. The molecule has 1 aromatic heterocycles. The second-order valence-electron chi connectivity index (χ2n) is 5.69. The minimum Gasteiger partial charge on any atom is -0.368 e. The van der Waals surface area contributed by atoms with Gasteiger partial charge in [0.15, 0.2) is 0 Å². The zero-order valence-corrected chi connectivity index (χ0v) is 12.8. The molecule has 0 bridgehead atoms. The van der Waals surface area contributed by atoms with Crippen LogP contribution >= 0.6 is 11.3 Å². The average Bonchev–Trinajstić information content (AvgIpc) is 3.35. The maximum atomic E-state index is 5.53. The summed E-state index contributed by atoms with van der Waals surface area (Å²) in [6.07, 6.45) is 0.279. The number of hydrogen-bond donors (Lipinski definition) is 0. The standard InChI is InChI=1S/C20H14OS/c1-2-7-14(18-12-21-18)13(6-1)16-9-5-10-17-15-8-3-4-11-19(15)22-20(16)17/h1-11,18H,12H2. The zero-order valence-electron chi connectivity index (χ0n) is 12.0. The highest BCUT2D eigenvalue weighted by atomic mass is 32.1. The van der Waals surface area contributed by atoms with Gasteiger partial charge in [-0.3, -0.25) is 0 Å². The molecule has 0 saturated carbocycles. The van der Waals surface area contributed by atoms with E-state index in [-0.39, 0.29) is 6.10 Å². The van der Waals surface area contributed by atoms with E-state index < -0.39 is 0 Å². The van der Waals surface area contributed by atoms with Gasteiger partial charge in [0.25, 0.3) is 0 Å². The monoisotopic (exact) mass is 302 g/mol. The van der Waals surface area contributed by atoms with E-state index in [0.29, 0.717) is 0 Å². The fraction of sp³-hybridized carbons (Fsp3) is 0.100. The average molecular weight is 302 g/mol. The Kier molecular flexibility index (Phi) is 2.63. The fourth-order valence-corrected chi connectivity index (χ4v) is 4.44. The van der Waals surface area contributed by atoms with E-state index in [9.17, 15) is 0 Å². The van der Waals surface area contributed by atoms with Crippen LogP contribution in [-0.4, -0.2) is 6.61 Å². The van der Waals surface area contributed by atoms with Gasteiger partial charge in [-0.25, -0.2) is 0 Å². The number of thiophene rings is 1. The lowest BCUT2D eigenvalue weighted by molar-refractivity contribution is 0.416. The largest absolute Gasteiger partial charge is 0.368 e. The number of rotatable bonds is 2. The van der Waals surface area contributed by atoms with Gasteiger partial charge in [0.1, 0.15) is 6.10 Å². The Balaban J connectivity index is 1.85. The van der Waals surface area contributed by atoms with Gasteiger partial charge < -0.3 is 4.74 Å². The summed E-state index contributed by atoms with van der Waals surface area (Å²) < 4.78 is 8.26. The molecule has 0 N–H and O–H groups in total. The summed E-state index contributed by atoms with van der Waals surface area (Å²) in [6.45, 7) is 0.847. The van der Waals surface area contributed by atoms with Crippen molar-refractivity contribution in [2.45, 2.75) is 6.10 Å². The number of hydrogen-bond acceptors (Lipinski definition) is 2. The quantitative estimate of drug-likeness (QED) is 0.427. The Morgan fingerprint density at radius 2 is 1.50 bits per heavy atom. The van der Waals surface area contributed by atoms with Crippen LogP contribution in [0.5, 0.6) is 0 Å². The second kappa shape index (κ2) is 4.67. The molecule has 0 radical (unpaired) electrons. The van der Waals surface area contributed by atoms with E-state index in [1.165, 1.54) is 36.9 Å². The first-order chi connectivity index (χ1) is 10.9. The number of epoxide rings is 1. The van der Waals surface area contributed by atoms with Gasteiger partial charge >= 0.3 is 0 Å². The lowest BCUT2D eigenvalue weighted by atomic mass is 9.96. The van der Waals surface area contributed by atoms with Gasteiger partial charge in [-0.05, 0) is 22.8 Å². The Labute approximate surface area is 132 Å². The third kappa shape index (κ3) is 1.81. The maximum absolute atomic E-state index is 5.53. The van der Waals surface area contributed by atoms with E-state index in [4.69, 9.17) is 4.74 Å². The molecule has 5 rings (SSSR count). The smallest absolute Gasteiger partial charge is 0.107 e. The van der Waals surface area contributed by atoms with Crippen LogP contribution in [0.3, 0.4) is 0 Å². The molecular weight excluding hydrogens is 288 g/mol. The molecule has 0 amide bonds. The molecule has 1 atom stereocenters. The Morgan fingerprint density at radius 1 is 0.773 bits per heavy atom. The van der Waals surface area contributed by atoms with Crippen molar-refractivity contribution < 1.29 is 4.74 Å². The molecule has 1 unspecified atom stereocenters. The molecule has 0 aliphatic carbocycles. The van der Waals surface area contributed by atoms with Crippen molar-refractivity contribution >= 4 is 31.5 Å². The summed E-state index contributed by atoms with van der Waals surface area (Å²) in [5.74, 6) is 0. The number of ether oxygens (including phenoxy) is 1. The van der Waals surface area contributed by atoms with Crippen LogP contribution in [0.1, 0.15) is 11.7 Å². The summed E-state index contributed by atoms with van der Waals surface area (Å²) in [4.78, 5) is 0. The van der Waals surface area contributed by atoms with Crippen molar-refractivity contribution in [3.63, 3.8) is 0 Å². The highest BCUT2D eigenvalue weighted by Crippen LogP contribution is 2.43. The molecule has 1 aliphatic heterocycles. The van der Waals surface area contributed by atoms with Gasteiger partial charge in [-0.2, -0.15) is 0 Å². The molecule has 4 aromatic rings. The van der Waals surface area contributed by atoms with Gasteiger partial charge in [-0.1, -0.05) is 60.7 Å². The molecule has 2 heteroatoms. The summed E-state index contributed by atoms with van der Waals surface area (Å²) >= 11 is 1.88. The van der Waals surface area contributed by atoms with Crippen LogP contribution < -0.4 is 0 Å². The van der Waals surface area contributed by atoms with Crippen molar-refractivity contribution in [2.24, 2.45) is 0 Å². The van der Waals surface area contributed by atoms with Crippen LogP contribution in [0.4, 0.5) is 0 Å². The van der Waals surface area contributed by atoms with Gasteiger partial charge in [0, 0.05) is 20.2 Å². The molecule has 106 valence electrons. The predicted molar refractivity (Wildman–Crippen MR) is 93.5 cm³/mol. The molecule has 1 saturated heterocycles. The normalized spacial score (nSPS) is 17.2. The molecule has 3 aromatic carbocycles. The van der Waals surface area contributed by atoms with Crippen molar-refractivity contribution in [2.75, 3.05) is 6.61 Å². The minimum absolute atomic E-state index is 0.279. The van der Waals surface area contributed by atoms with Crippen LogP contribution in [-0.2, 0) is 4.74 Å². The highest BCUT2D eigenvalue weighted by molar-refractivity contribution is 7.26. The van der Waals surface area contributed by atoms with Gasteiger partial charge in [0.2, 0.25) is 0 Å².